The first-order valence-electron chi connectivity index (χ1n) is 8.39. The van der Waals surface area contributed by atoms with Crippen molar-refractivity contribution in [2.75, 3.05) is 27.4 Å². The Morgan fingerprint density at radius 3 is 2.67 bits per heavy atom. The van der Waals surface area contributed by atoms with E-state index < -0.39 is 0 Å². The van der Waals surface area contributed by atoms with Gasteiger partial charge >= 0.3 is 0 Å². The van der Waals surface area contributed by atoms with Crippen molar-refractivity contribution in [1.82, 2.24) is 15.6 Å². The van der Waals surface area contributed by atoms with Gasteiger partial charge in [0.2, 0.25) is 5.88 Å². The van der Waals surface area contributed by atoms with Gasteiger partial charge in [0.25, 0.3) is 0 Å². The number of ether oxygens (including phenoxy) is 2. The lowest BCUT2D eigenvalue weighted by Crippen LogP contribution is -2.36. The number of pyridine rings is 1. The molecule has 2 aromatic rings. The molecule has 0 spiro atoms. The molecular formula is C19H26FIN4O2. The fourth-order valence-electron chi connectivity index (χ4n) is 2.24. The van der Waals surface area contributed by atoms with Crippen LogP contribution in [0.25, 0.3) is 0 Å². The van der Waals surface area contributed by atoms with Crippen LogP contribution in [-0.2, 0) is 17.8 Å². The molecule has 0 fully saturated rings. The van der Waals surface area contributed by atoms with Gasteiger partial charge in [0.1, 0.15) is 12.4 Å². The lowest BCUT2D eigenvalue weighted by molar-refractivity contribution is 0.143. The van der Waals surface area contributed by atoms with E-state index in [0.717, 1.165) is 11.1 Å². The zero-order valence-electron chi connectivity index (χ0n) is 15.8. The SMILES string of the molecule is CN=C(NCc1ccc(C)c(F)c1)NCc1cccnc1OCCOC.I. The highest BCUT2D eigenvalue weighted by molar-refractivity contribution is 14.0. The van der Waals surface area contributed by atoms with E-state index >= 15 is 0 Å². The maximum atomic E-state index is 13.6. The summed E-state index contributed by atoms with van der Waals surface area (Å²) in [6.45, 7) is 3.65. The molecule has 0 radical (unpaired) electrons. The predicted octanol–water partition coefficient (Wildman–Crippen LogP) is 3.04. The van der Waals surface area contributed by atoms with Gasteiger partial charge in [0.05, 0.1) is 6.61 Å². The fourth-order valence-corrected chi connectivity index (χ4v) is 2.24. The van der Waals surface area contributed by atoms with E-state index in [1.807, 2.05) is 18.2 Å². The summed E-state index contributed by atoms with van der Waals surface area (Å²) in [5, 5.41) is 6.37. The number of rotatable bonds is 8. The van der Waals surface area contributed by atoms with Crippen LogP contribution in [0, 0.1) is 12.7 Å². The summed E-state index contributed by atoms with van der Waals surface area (Å²) in [6.07, 6.45) is 1.69. The van der Waals surface area contributed by atoms with Crippen LogP contribution < -0.4 is 15.4 Å². The Hall–Kier alpha value is -1.94. The van der Waals surface area contributed by atoms with Crippen LogP contribution in [0.15, 0.2) is 41.5 Å². The minimum absolute atomic E-state index is 0. The number of nitrogens with zero attached hydrogens (tertiary/aromatic N) is 2. The van der Waals surface area contributed by atoms with E-state index in [-0.39, 0.29) is 29.8 Å². The van der Waals surface area contributed by atoms with Crippen molar-refractivity contribution in [3.05, 3.63) is 59.0 Å². The maximum Gasteiger partial charge on any atom is 0.218 e. The second-order valence-electron chi connectivity index (χ2n) is 5.67. The molecule has 8 heteroatoms. The lowest BCUT2D eigenvalue weighted by atomic mass is 10.1. The molecular weight excluding hydrogens is 462 g/mol. The van der Waals surface area contributed by atoms with Crippen molar-refractivity contribution < 1.29 is 13.9 Å². The van der Waals surface area contributed by atoms with Gasteiger partial charge in [-0.05, 0) is 30.2 Å². The number of hydrogen-bond acceptors (Lipinski definition) is 4. The molecule has 1 aromatic heterocycles. The second-order valence-corrected chi connectivity index (χ2v) is 5.67. The zero-order chi connectivity index (χ0) is 18.8. The Labute approximate surface area is 176 Å². The molecule has 0 amide bonds. The van der Waals surface area contributed by atoms with Gasteiger partial charge in [0.15, 0.2) is 5.96 Å². The summed E-state index contributed by atoms with van der Waals surface area (Å²) in [5.41, 5.74) is 2.39. The highest BCUT2D eigenvalue weighted by Gasteiger charge is 2.06. The Morgan fingerprint density at radius 1 is 1.19 bits per heavy atom. The predicted molar refractivity (Wildman–Crippen MR) is 115 cm³/mol. The average molecular weight is 488 g/mol. The standard InChI is InChI=1S/C19H25FN4O2.HI/c1-14-6-7-15(11-17(14)20)12-23-19(21-2)24-13-16-5-4-8-22-18(16)26-10-9-25-3;/h4-8,11H,9-10,12-13H2,1-3H3,(H2,21,23,24);1H. The molecule has 27 heavy (non-hydrogen) atoms. The topological polar surface area (TPSA) is 67.8 Å². The Bertz CT molecular complexity index is 743. The van der Waals surface area contributed by atoms with E-state index in [9.17, 15) is 4.39 Å². The number of halogens is 2. The summed E-state index contributed by atoms with van der Waals surface area (Å²) >= 11 is 0. The molecule has 6 nitrogen and oxygen atoms in total. The lowest BCUT2D eigenvalue weighted by Gasteiger charge is -2.14. The number of aryl methyl sites for hydroxylation is 1. The highest BCUT2D eigenvalue weighted by Crippen LogP contribution is 2.14. The first-order chi connectivity index (χ1) is 12.6. The van der Waals surface area contributed by atoms with E-state index in [2.05, 4.69) is 20.6 Å². The van der Waals surface area contributed by atoms with Crippen molar-refractivity contribution in [2.24, 2.45) is 4.99 Å². The van der Waals surface area contributed by atoms with E-state index in [1.54, 1.807) is 33.3 Å². The Morgan fingerprint density at radius 2 is 1.96 bits per heavy atom. The molecule has 1 aromatic carbocycles. The number of aromatic nitrogens is 1. The molecule has 0 bridgehead atoms. The number of hydrogen-bond donors (Lipinski definition) is 2. The molecule has 2 N–H and O–H groups in total. The van der Waals surface area contributed by atoms with Crippen LogP contribution in [0.4, 0.5) is 4.39 Å². The van der Waals surface area contributed by atoms with Crippen LogP contribution in [0.5, 0.6) is 5.88 Å². The van der Waals surface area contributed by atoms with Crippen LogP contribution in [0.2, 0.25) is 0 Å². The van der Waals surface area contributed by atoms with Crippen molar-refractivity contribution in [3.8, 4) is 5.88 Å². The molecule has 0 aliphatic rings. The number of nitrogens with one attached hydrogen (secondary N) is 2. The smallest absolute Gasteiger partial charge is 0.218 e. The molecule has 0 saturated heterocycles. The molecule has 0 unspecified atom stereocenters. The average Bonchev–Trinajstić information content (AvgIpc) is 2.66. The van der Waals surface area contributed by atoms with Crippen molar-refractivity contribution in [1.29, 1.82) is 0 Å². The summed E-state index contributed by atoms with van der Waals surface area (Å²) < 4.78 is 24.2. The van der Waals surface area contributed by atoms with Gasteiger partial charge in [-0.1, -0.05) is 18.2 Å². The van der Waals surface area contributed by atoms with Crippen LogP contribution >= 0.6 is 24.0 Å². The van der Waals surface area contributed by atoms with Crippen molar-refractivity contribution in [3.63, 3.8) is 0 Å². The van der Waals surface area contributed by atoms with Crippen LogP contribution in [0.1, 0.15) is 16.7 Å². The first kappa shape index (κ1) is 23.1. The third-order valence-electron chi connectivity index (χ3n) is 3.74. The summed E-state index contributed by atoms with van der Waals surface area (Å²) in [4.78, 5) is 8.43. The molecule has 0 aliphatic heterocycles. The quantitative estimate of drug-likeness (QED) is 0.259. The van der Waals surface area contributed by atoms with E-state index in [4.69, 9.17) is 9.47 Å². The molecule has 0 atom stereocenters. The first-order valence-corrected chi connectivity index (χ1v) is 8.39. The molecule has 1 heterocycles. The number of benzene rings is 1. The molecule has 2 rings (SSSR count). The van der Waals surface area contributed by atoms with Crippen molar-refractivity contribution in [2.45, 2.75) is 20.0 Å². The normalized spacial score (nSPS) is 10.9. The van der Waals surface area contributed by atoms with Crippen LogP contribution in [0.3, 0.4) is 0 Å². The Kier molecular flexibility index (Phi) is 10.6. The Balaban J connectivity index is 0.00000364. The van der Waals surface area contributed by atoms with Gasteiger partial charge in [-0.3, -0.25) is 4.99 Å². The number of aliphatic imine (C=N–C) groups is 1. The summed E-state index contributed by atoms with van der Waals surface area (Å²) in [5.74, 6) is 0.964. The highest BCUT2D eigenvalue weighted by atomic mass is 127. The third-order valence-corrected chi connectivity index (χ3v) is 3.74. The van der Waals surface area contributed by atoms with Crippen molar-refractivity contribution >= 4 is 29.9 Å². The molecule has 0 aliphatic carbocycles. The third kappa shape index (κ3) is 7.67. The number of methoxy groups -OCH3 is 1. The second kappa shape index (κ2) is 12.4. The zero-order valence-corrected chi connectivity index (χ0v) is 18.1. The minimum atomic E-state index is -0.208. The summed E-state index contributed by atoms with van der Waals surface area (Å²) in [6, 6.07) is 8.97. The van der Waals surface area contributed by atoms with Gasteiger partial charge in [0, 0.05) is 39.0 Å². The van der Waals surface area contributed by atoms with Gasteiger partial charge in [-0.25, -0.2) is 9.37 Å². The van der Waals surface area contributed by atoms with Gasteiger partial charge in [-0.15, -0.1) is 24.0 Å². The van der Waals surface area contributed by atoms with Gasteiger partial charge < -0.3 is 20.1 Å². The van der Waals surface area contributed by atoms with Crippen LogP contribution in [-0.4, -0.2) is 38.3 Å². The minimum Gasteiger partial charge on any atom is -0.475 e. The maximum absolute atomic E-state index is 13.6. The number of guanidine groups is 1. The largest absolute Gasteiger partial charge is 0.475 e. The molecule has 0 saturated carbocycles. The fraction of sp³-hybridized carbons (Fsp3) is 0.368. The van der Waals surface area contributed by atoms with E-state index in [1.165, 1.54) is 6.07 Å². The molecule has 148 valence electrons. The van der Waals surface area contributed by atoms with Gasteiger partial charge in [-0.2, -0.15) is 0 Å². The van der Waals surface area contributed by atoms with E-state index in [0.29, 0.717) is 43.7 Å². The summed E-state index contributed by atoms with van der Waals surface area (Å²) in [7, 11) is 3.31. The monoisotopic (exact) mass is 488 g/mol.